The maximum absolute atomic E-state index is 12.2. The minimum atomic E-state index is -0.588. The second-order valence-electron chi connectivity index (χ2n) is 6.49. The summed E-state index contributed by atoms with van der Waals surface area (Å²) in [7, 11) is 0. The zero-order valence-corrected chi connectivity index (χ0v) is 13.3. The maximum atomic E-state index is 12.2. The van der Waals surface area contributed by atoms with Crippen LogP contribution in [0.1, 0.15) is 18.4 Å². The Balaban J connectivity index is 1.38. The second kappa shape index (κ2) is 6.68. The van der Waals surface area contributed by atoms with Gasteiger partial charge < -0.3 is 16.0 Å². The third kappa shape index (κ3) is 4.09. The highest BCUT2D eigenvalue weighted by Crippen LogP contribution is 2.34. The van der Waals surface area contributed by atoms with Crippen molar-refractivity contribution in [1.82, 2.24) is 15.1 Å². The summed E-state index contributed by atoms with van der Waals surface area (Å²) in [6.07, 6.45) is 1.60. The first-order valence-corrected chi connectivity index (χ1v) is 8.18. The van der Waals surface area contributed by atoms with Crippen molar-refractivity contribution in [2.75, 3.05) is 32.7 Å². The van der Waals surface area contributed by atoms with Crippen molar-refractivity contribution in [2.24, 2.45) is 5.73 Å². The fraction of sp³-hybridized carbons (Fsp3) is 0.529. The van der Waals surface area contributed by atoms with Crippen LogP contribution in [0.5, 0.6) is 0 Å². The van der Waals surface area contributed by atoms with Gasteiger partial charge in [0.15, 0.2) is 0 Å². The number of nitrogens with zero attached hydrogens (tertiary/aromatic N) is 2. The summed E-state index contributed by atoms with van der Waals surface area (Å²) in [6.45, 7) is 3.69. The summed E-state index contributed by atoms with van der Waals surface area (Å²) in [5, 5.41) is 2.93. The zero-order valence-electron chi connectivity index (χ0n) is 13.3. The molecule has 0 aromatic heterocycles. The summed E-state index contributed by atoms with van der Waals surface area (Å²) in [5.74, 6) is 0.0943. The van der Waals surface area contributed by atoms with Gasteiger partial charge in [0, 0.05) is 32.7 Å². The second-order valence-corrected chi connectivity index (χ2v) is 6.49. The van der Waals surface area contributed by atoms with Gasteiger partial charge in [-0.2, -0.15) is 0 Å². The van der Waals surface area contributed by atoms with Crippen molar-refractivity contribution in [2.45, 2.75) is 24.9 Å². The molecule has 3 N–H and O–H groups in total. The van der Waals surface area contributed by atoms with Gasteiger partial charge >= 0.3 is 0 Å². The Morgan fingerprint density at radius 3 is 2.35 bits per heavy atom. The van der Waals surface area contributed by atoms with Gasteiger partial charge in [0.1, 0.15) is 0 Å². The molecule has 6 nitrogen and oxygen atoms in total. The predicted octanol–water partition coefficient (Wildman–Crippen LogP) is -0.0617. The van der Waals surface area contributed by atoms with Crippen LogP contribution >= 0.6 is 0 Å². The molecule has 1 saturated carbocycles. The van der Waals surface area contributed by atoms with E-state index in [1.807, 2.05) is 35.2 Å². The van der Waals surface area contributed by atoms with Gasteiger partial charge in [0.05, 0.1) is 12.1 Å². The number of carbonyl (C=O) groups excluding carboxylic acids is 2. The van der Waals surface area contributed by atoms with Crippen LogP contribution in [0.3, 0.4) is 0 Å². The Morgan fingerprint density at radius 2 is 1.74 bits per heavy atom. The number of amides is 2. The van der Waals surface area contributed by atoms with Crippen LogP contribution in [0.2, 0.25) is 0 Å². The number of hydrogen-bond donors (Lipinski definition) is 2. The molecular weight excluding hydrogens is 292 g/mol. The fourth-order valence-electron chi connectivity index (χ4n) is 2.83. The van der Waals surface area contributed by atoms with Crippen LogP contribution in [0.15, 0.2) is 30.3 Å². The van der Waals surface area contributed by atoms with Gasteiger partial charge in [0.25, 0.3) is 0 Å². The Bertz CT molecular complexity index is 563. The van der Waals surface area contributed by atoms with Crippen molar-refractivity contribution < 1.29 is 9.59 Å². The first-order valence-electron chi connectivity index (χ1n) is 8.18. The van der Waals surface area contributed by atoms with Gasteiger partial charge in [-0.05, 0) is 18.4 Å². The lowest BCUT2D eigenvalue weighted by molar-refractivity contribution is -0.135. The highest BCUT2D eigenvalue weighted by Gasteiger charge is 2.48. The van der Waals surface area contributed by atoms with E-state index in [1.165, 1.54) is 0 Å². The molecule has 2 fully saturated rings. The Kier molecular flexibility index (Phi) is 4.63. The fourth-order valence-corrected chi connectivity index (χ4v) is 2.83. The molecule has 0 atom stereocenters. The Labute approximate surface area is 136 Å². The lowest BCUT2D eigenvalue weighted by atomic mass is 10.2. The van der Waals surface area contributed by atoms with Crippen LogP contribution in [-0.2, 0) is 16.1 Å². The molecule has 1 saturated heterocycles. The van der Waals surface area contributed by atoms with E-state index in [2.05, 4.69) is 10.2 Å². The van der Waals surface area contributed by atoms with E-state index in [0.717, 1.165) is 31.5 Å². The highest BCUT2D eigenvalue weighted by atomic mass is 16.2. The molecule has 1 aliphatic heterocycles. The number of nitrogens with two attached hydrogens (primary N) is 1. The molecule has 1 aliphatic carbocycles. The van der Waals surface area contributed by atoms with Crippen molar-refractivity contribution in [3.63, 3.8) is 0 Å². The van der Waals surface area contributed by atoms with Gasteiger partial charge in [0.2, 0.25) is 11.8 Å². The molecule has 1 heterocycles. The number of nitrogens with one attached hydrogen (secondary N) is 1. The molecule has 2 aliphatic rings. The van der Waals surface area contributed by atoms with E-state index >= 15 is 0 Å². The summed E-state index contributed by atoms with van der Waals surface area (Å²) in [6, 6.07) is 9.86. The minimum absolute atomic E-state index is 0.0196. The van der Waals surface area contributed by atoms with E-state index in [0.29, 0.717) is 26.2 Å². The van der Waals surface area contributed by atoms with Crippen LogP contribution in [-0.4, -0.2) is 59.9 Å². The topological polar surface area (TPSA) is 78.7 Å². The zero-order chi connectivity index (χ0) is 16.3. The van der Waals surface area contributed by atoms with E-state index in [4.69, 9.17) is 5.73 Å². The summed E-state index contributed by atoms with van der Waals surface area (Å²) in [4.78, 5) is 28.1. The lowest BCUT2D eigenvalue weighted by Crippen LogP contribution is -2.55. The normalized spacial score (nSPS) is 20.1. The van der Waals surface area contributed by atoms with E-state index < -0.39 is 5.54 Å². The first-order chi connectivity index (χ1) is 11.1. The molecule has 1 aromatic rings. The molecule has 0 unspecified atom stereocenters. The average Bonchev–Trinajstić information content (AvgIpc) is 3.33. The molecule has 6 heteroatoms. The number of hydrogen-bond acceptors (Lipinski definition) is 4. The predicted molar refractivity (Wildman–Crippen MR) is 87.5 cm³/mol. The molecule has 3 rings (SSSR count). The van der Waals surface area contributed by atoms with Crippen LogP contribution in [0, 0.1) is 0 Å². The van der Waals surface area contributed by atoms with Crippen molar-refractivity contribution in [1.29, 1.82) is 0 Å². The lowest BCUT2D eigenvalue weighted by Gasteiger charge is -2.35. The van der Waals surface area contributed by atoms with Gasteiger partial charge in [-0.3, -0.25) is 14.5 Å². The van der Waals surface area contributed by atoms with Crippen LogP contribution < -0.4 is 11.1 Å². The molecular formula is C17H24N4O2. The Hall–Kier alpha value is -1.92. The minimum Gasteiger partial charge on any atom is -0.351 e. The largest absolute Gasteiger partial charge is 0.351 e. The molecule has 23 heavy (non-hydrogen) atoms. The van der Waals surface area contributed by atoms with Crippen molar-refractivity contribution in [3.05, 3.63) is 35.9 Å². The highest BCUT2D eigenvalue weighted by molar-refractivity contribution is 5.89. The summed E-state index contributed by atoms with van der Waals surface area (Å²) in [5.41, 5.74) is 6.47. The standard InChI is InChI=1S/C17H24N4O2/c18-17(6-7-17)16(23)21-10-8-20(9-11-21)13-15(22)19-12-14-4-2-1-3-5-14/h1-5H,6-13,18H2,(H,19,22). The summed E-state index contributed by atoms with van der Waals surface area (Å²) >= 11 is 0. The van der Waals surface area contributed by atoms with Crippen molar-refractivity contribution >= 4 is 11.8 Å². The molecule has 1 aromatic carbocycles. The number of rotatable bonds is 5. The van der Waals surface area contributed by atoms with Gasteiger partial charge in [-0.25, -0.2) is 0 Å². The molecule has 124 valence electrons. The summed E-state index contributed by atoms with van der Waals surface area (Å²) < 4.78 is 0. The molecule has 0 bridgehead atoms. The quantitative estimate of drug-likeness (QED) is 0.798. The van der Waals surface area contributed by atoms with E-state index in [-0.39, 0.29) is 11.8 Å². The average molecular weight is 316 g/mol. The van der Waals surface area contributed by atoms with E-state index in [1.54, 1.807) is 0 Å². The number of carbonyl (C=O) groups is 2. The smallest absolute Gasteiger partial charge is 0.242 e. The van der Waals surface area contributed by atoms with Gasteiger partial charge in [-0.15, -0.1) is 0 Å². The van der Waals surface area contributed by atoms with Crippen molar-refractivity contribution in [3.8, 4) is 0 Å². The van der Waals surface area contributed by atoms with Crippen LogP contribution in [0.25, 0.3) is 0 Å². The number of piperazine rings is 1. The monoisotopic (exact) mass is 316 g/mol. The first kappa shape index (κ1) is 16.0. The Morgan fingerprint density at radius 1 is 1.09 bits per heavy atom. The SMILES string of the molecule is NC1(C(=O)N2CCN(CC(=O)NCc3ccccc3)CC2)CC1. The van der Waals surface area contributed by atoms with E-state index in [9.17, 15) is 9.59 Å². The van der Waals surface area contributed by atoms with Gasteiger partial charge in [-0.1, -0.05) is 30.3 Å². The molecule has 0 spiro atoms. The molecule has 2 amide bonds. The van der Waals surface area contributed by atoms with Crippen LogP contribution in [0.4, 0.5) is 0 Å². The third-order valence-corrected chi connectivity index (χ3v) is 4.57. The third-order valence-electron chi connectivity index (χ3n) is 4.57. The number of benzene rings is 1. The molecule has 0 radical (unpaired) electrons. The maximum Gasteiger partial charge on any atom is 0.242 e.